The number of benzene rings is 1. The number of halogens is 3. The summed E-state index contributed by atoms with van der Waals surface area (Å²) >= 11 is 0. The van der Waals surface area contributed by atoms with Gasteiger partial charge in [0.25, 0.3) is 0 Å². The SMILES string of the molecule is O=C(Nc1ccccc1C(F)(F)F)C1CC(=O)N(C2CCC2)C1. The third kappa shape index (κ3) is 3.18. The lowest BCUT2D eigenvalue weighted by Crippen LogP contribution is -2.41. The minimum absolute atomic E-state index is 0.0660. The molecule has 2 aliphatic rings. The minimum atomic E-state index is -4.53. The Bertz CT molecular complexity index is 626. The van der Waals surface area contributed by atoms with Crippen LogP contribution in [0.4, 0.5) is 18.9 Å². The zero-order valence-electron chi connectivity index (χ0n) is 12.4. The molecule has 1 N–H and O–H groups in total. The van der Waals surface area contributed by atoms with Gasteiger partial charge in [0.1, 0.15) is 0 Å². The van der Waals surface area contributed by atoms with E-state index in [-0.39, 0.29) is 24.1 Å². The number of nitrogens with one attached hydrogen (secondary N) is 1. The van der Waals surface area contributed by atoms with Gasteiger partial charge in [-0.1, -0.05) is 12.1 Å². The molecule has 0 aromatic heterocycles. The summed E-state index contributed by atoms with van der Waals surface area (Å²) in [6.45, 7) is 0.295. The lowest BCUT2D eigenvalue weighted by molar-refractivity contribution is -0.137. The third-order valence-corrected chi connectivity index (χ3v) is 4.54. The Morgan fingerprint density at radius 2 is 1.91 bits per heavy atom. The highest BCUT2D eigenvalue weighted by Gasteiger charge is 2.40. The maximum atomic E-state index is 12.9. The normalized spacial score (nSPS) is 22.1. The van der Waals surface area contributed by atoms with Crippen LogP contribution >= 0.6 is 0 Å². The Hall–Kier alpha value is -2.05. The molecule has 0 spiro atoms. The van der Waals surface area contributed by atoms with Gasteiger partial charge in [0.05, 0.1) is 17.2 Å². The van der Waals surface area contributed by atoms with Crippen LogP contribution in [0.2, 0.25) is 0 Å². The molecule has 124 valence electrons. The zero-order chi connectivity index (χ0) is 16.6. The molecule has 1 aromatic rings. The molecule has 23 heavy (non-hydrogen) atoms. The standard InChI is InChI=1S/C16H17F3N2O2/c17-16(18,19)12-6-1-2-7-13(12)20-15(23)10-8-14(22)21(9-10)11-4-3-5-11/h1-2,6-7,10-11H,3-5,8-9H2,(H,20,23). The van der Waals surface area contributed by atoms with E-state index in [0.29, 0.717) is 6.54 Å². The fraction of sp³-hybridized carbons (Fsp3) is 0.500. The number of hydrogen-bond acceptors (Lipinski definition) is 2. The lowest BCUT2D eigenvalue weighted by atomic mass is 9.92. The van der Waals surface area contributed by atoms with Crippen molar-refractivity contribution in [2.75, 3.05) is 11.9 Å². The van der Waals surface area contributed by atoms with Crippen LogP contribution in [0.15, 0.2) is 24.3 Å². The second-order valence-corrected chi connectivity index (χ2v) is 6.06. The van der Waals surface area contributed by atoms with Crippen LogP contribution in [0.5, 0.6) is 0 Å². The molecule has 1 saturated heterocycles. The van der Waals surface area contributed by atoms with Crippen molar-refractivity contribution in [3.05, 3.63) is 29.8 Å². The van der Waals surface area contributed by atoms with Gasteiger partial charge in [-0.2, -0.15) is 13.2 Å². The van der Waals surface area contributed by atoms with Gasteiger partial charge >= 0.3 is 6.18 Å². The molecule has 2 amide bonds. The molecule has 4 nitrogen and oxygen atoms in total. The van der Waals surface area contributed by atoms with Gasteiger partial charge < -0.3 is 10.2 Å². The second-order valence-electron chi connectivity index (χ2n) is 6.06. The average Bonchev–Trinajstić information content (AvgIpc) is 2.78. The van der Waals surface area contributed by atoms with E-state index in [1.807, 2.05) is 0 Å². The maximum Gasteiger partial charge on any atom is 0.418 e. The minimum Gasteiger partial charge on any atom is -0.339 e. The number of hydrogen-bond donors (Lipinski definition) is 1. The van der Waals surface area contributed by atoms with Crippen molar-refractivity contribution in [2.24, 2.45) is 5.92 Å². The van der Waals surface area contributed by atoms with E-state index in [1.165, 1.54) is 18.2 Å². The smallest absolute Gasteiger partial charge is 0.339 e. The topological polar surface area (TPSA) is 49.4 Å². The number of alkyl halides is 3. The van der Waals surface area contributed by atoms with E-state index in [1.54, 1.807) is 4.90 Å². The first kappa shape index (κ1) is 15.8. The number of likely N-dealkylation sites (tertiary alicyclic amines) is 1. The number of carbonyl (C=O) groups excluding carboxylic acids is 2. The maximum absolute atomic E-state index is 12.9. The highest BCUT2D eigenvalue weighted by atomic mass is 19.4. The first-order valence-electron chi connectivity index (χ1n) is 7.63. The molecule has 0 radical (unpaired) electrons. The van der Waals surface area contributed by atoms with E-state index in [4.69, 9.17) is 0 Å². The van der Waals surface area contributed by atoms with E-state index >= 15 is 0 Å². The van der Waals surface area contributed by atoms with E-state index in [9.17, 15) is 22.8 Å². The Morgan fingerprint density at radius 1 is 1.22 bits per heavy atom. The summed E-state index contributed by atoms with van der Waals surface area (Å²) in [5.74, 6) is -1.21. The Balaban J connectivity index is 1.70. The van der Waals surface area contributed by atoms with Crippen molar-refractivity contribution >= 4 is 17.5 Å². The van der Waals surface area contributed by atoms with Crippen LogP contribution in [0, 0.1) is 5.92 Å². The lowest BCUT2D eigenvalue weighted by Gasteiger charge is -2.34. The van der Waals surface area contributed by atoms with Crippen LogP contribution in [-0.4, -0.2) is 29.3 Å². The van der Waals surface area contributed by atoms with Gasteiger partial charge in [-0.3, -0.25) is 9.59 Å². The van der Waals surface area contributed by atoms with Crippen LogP contribution < -0.4 is 5.32 Å². The Kier molecular flexibility index (Phi) is 4.04. The molecule has 1 heterocycles. The Morgan fingerprint density at radius 3 is 2.52 bits per heavy atom. The summed E-state index contributed by atoms with van der Waals surface area (Å²) in [5.41, 5.74) is -1.15. The second kappa shape index (κ2) is 5.86. The molecule has 1 atom stereocenters. The molecule has 1 unspecified atom stereocenters. The quantitative estimate of drug-likeness (QED) is 0.928. The number of carbonyl (C=O) groups is 2. The van der Waals surface area contributed by atoms with Crippen LogP contribution in [0.25, 0.3) is 0 Å². The summed E-state index contributed by atoms with van der Waals surface area (Å²) in [6, 6.07) is 5.06. The predicted molar refractivity (Wildman–Crippen MR) is 77.5 cm³/mol. The van der Waals surface area contributed by atoms with Gasteiger partial charge in [0.15, 0.2) is 0 Å². The first-order valence-corrected chi connectivity index (χ1v) is 7.63. The number of amides is 2. The molecule has 2 fully saturated rings. The van der Waals surface area contributed by atoms with E-state index in [0.717, 1.165) is 25.3 Å². The molecule has 1 aliphatic carbocycles. The molecular weight excluding hydrogens is 309 g/mol. The highest BCUT2D eigenvalue weighted by Crippen LogP contribution is 2.35. The van der Waals surface area contributed by atoms with Gasteiger partial charge in [0.2, 0.25) is 11.8 Å². The fourth-order valence-corrected chi connectivity index (χ4v) is 3.03. The Labute approximate surface area is 131 Å². The molecule has 3 rings (SSSR count). The molecule has 1 aliphatic heterocycles. The first-order chi connectivity index (χ1) is 10.9. The van der Waals surface area contributed by atoms with Crippen molar-refractivity contribution < 1.29 is 22.8 Å². The summed E-state index contributed by atoms with van der Waals surface area (Å²) in [7, 11) is 0. The van der Waals surface area contributed by atoms with Gasteiger partial charge in [0, 0.05) is 19.0 Å². The van der Waals surface area contributed by atoms with E-state index < -0.39 is 23.6 Å². The average molecular weight is 326 g/mol. The number of anilines is 1. The number of para-hydroxylation sites is 1. The van der Waals surface area contributed by atoms with E-state index in [2.05, 4.69) is 5.32 Å². The summed E-state index contributed by atoms with van der Waals surface area (Å²) in [4.78, 5) is 25.9. The summed E-state index contributed by atoms with van der Waals surface area (Å²) in [5, 5.41) is 2.34. The monoisotopic (exact) mass is 326 g/mol. The zero-order valence-corrected chi connectivity index (χ0v) is 12.4. The van der Waals surface area contributed by atoms with Crippen LogP contribution in [-0.2, 0) is 15.8 Å². The molecule has 0 bridgehead atoms. The summed E-state index contributed by atoms with van der Waals surface area (Å²) < 4.78 is 38.8. The highest BCUT2D eigenvalue weighted by molar-refractivity contribution is 5.97. The fourth-order valence-electron chi connectivity index (χ4n) is 3.03. The van der Waals surface area contributed by atoms with Crippen molar-refractivity contribution in [1.82, 2.24) is 4.90 Å². The molecule has 1 saturated carbocycles. The molecular formula is C16H17F3N2O2. The number of nitrogens with zero attached hydrogens (tertiary/aromatic N) is 1. The van der Waals surface area contributed by atoms with Crippen molar-refractivity contribution in [2.45, 2.75) is 37.9 Å². The van der Waals surface area contributed by atoms with Gasteiger partial charge in [-0.05, 0) is 31.4 Å². The van der Waals surface area contributed by atoms with Crippen molar-refractivity contribution in [3.63, 3.8) is 0 Å². The summed E-state index contributed by atoms with van der Waals surface area (Å²) in [6.07, 6.45) is -1.51. The van der Waals surface area contributed by atoms with Gasteiger partial charge in [-0.15, -0.1) is 0 Å². The van der Waals surface area contributed by atoms with Gasteiger partial charge in [-0.25, -0.2) is 0 Å². The van der Waals surface area contributed by atoms with Crippen LogP contribution in [0.3, 0.4) is 0 Å². The largest absolute Gasteiger partial charge is 0.418 e. The van der Waals surface area contributed by atoms with Crippen molar-refractivity contribution in [1.29, 1.82) is 0 Å². The van der Waals surface area contributed by atoms with Crippen LogP contribution in [0.1, 0.15) is 31.2 Å². The predicted octanol–water partition coefficient (Wildman–Crippen LogP) is 3.04. The number of rotatable bonds is 3. The molecule has 1 aromatic carbocycles. The third-order valence-electron chi connectivity index (χ3n) is 4.54. The molecule has 7 heteroatoms. The van der Waals surface area contributed by atoms with Crippen molar-refractivity contribution in [3.8, 4) is 0 Å².